The van der Waals surface area contributed by atoms with Crippen molar-refractivity contribution in [2.75, 3.05) is 23.7 Å². The van der Waals surface area contributed by atoms with Crippen molar-refractivity contribution in [2.24, 2.45) is 0 Å². The van der Waals surface area contributed by atoms with E-state index in [9.17, 15) is 22.4 Å². The quantitative estimate of drug-likeness (QED) is 0.587. The van der Waals surface area contributed by atoms with Gasteiger partial charge in [0.25, 0.3) is 0 Å². The number of carbonyl (C=O) groups is 2. The fourth-order valence-corrected chi connectivity index (χ4v) is 4.19. The molecule has 0 radical (unpaired) electrons. The minimum absolute atomic E-state index is 0.0437. The first-order chi connectivity index (χ1) is 15.1. The monoisotopic (exact) mass is 463 g/mol. The topological polar surface area (TPSA) is 86.8 Å². The Labute approximate surface area is 189 Å². The minimum Gasteiger partial charge on any atom is -0.355 e. The molecule has 0 aromatic heterocycles. The first-order valence-corrected chi connectivity index (χ1v) is 12.3. The Kier molecular flexibility index (Phi) is 8.77. The van der Waals surface area contributed by atoms with Crippen molar-refractivity contribution in [1.82, 2.24) is 10.2 Å². The van der Waals surface area contributed by atoms with E-state index in [1.807, 2.05) is 31.2 Å². The standard InChI is InChI=1S/C23H30FN3O4S/c1-5-21(23(29)25-6-2)26(15-18-12-10-17(3)11-13-18)22(28)16-27(32(4,30)31)20-9-7-8-19(24)14-20/h7-14,21H,5-6,15-16H2,1-4H3,(H,25,29). The smallest absolute Gasteiger partial charge is 0.244 e. The molecule has 0 aliphatic carbocycles. The molecule has 0 fully saturated rings. The summed E-state index contributed by atoms with van der Waals surface area (Å²) < 4.78 is 39.4. The third-order valence-corrected chi connectivity index (χ3v) is 6.13. The molecule has 1 unspecified atom stereocenters. The lowest BCUT2D eigenvalue weighted by atomic mass is 10.1. The average Bonchev–Trinajstić information content (AvgIpc) is 2.72. The fraction of sp³-hybridized carbons (Fsp3) is 0.391. The molecule has 7 nitrogen and oxygen atoms in total. The third kappa shape index (κ3) is 6.78. The molecule has 0 saturated carbocycles. The SMILES string of the molecule is CCNC(=O)C(CC)N(Cc1ccc(C)cc1)C(=O)CN(c1cccc(F)c1)S(C)(=O)=O. The lowest BCUT2D eigenvalue weighted by Crippen LogP contribution is -2.52. The van der Waals surface area contributed by atoms with E-state index >= 15 is 0 Å². The van der Waals surface area contributed by atoms with Crippen LogP contribution in [0.1, 0.15) is 31.4 Å². The van der Waals surface area contributed by atoms with Gasteiger partial charge in [0.15, 0.2) is 0 Å². The molecular formula is C23H30FN3O4S. The molecule has 0 bridgehead atoms. The Hall–Kier alpha value is -2.94. The number of benzene rings is 2. The molecule has 0 heterocycles. The molecule has 1 atom stereocenters. The van der Waals surface area contributed by atoms with Crippen molar-refractivity contribution in [2.45, 2.75) is 39.8 Å². The summed E-state index contributed by atoms with van der Waals surface area (Å²) in [5.74, 6) is -1.49. The van der Waals surface area contributed by atoms with Crippen LogP contribution in [0.25, 0.3) is 0 Å². The summed E-state index contributed by atoms with van der Waals surface area (Å²) in [4.78, 5) is 27.4. The summed E-state index contributed by atoms with van der Waals surface area (Å²) in [5.41, 5.74) is 1.90. The van der Waals surface area contributed by atoms with E-state index in [-0.39, 0.29) is 18.1 Å². The van der Waals surface area contributed by atoms with Crippen LogP contribution in [0, 0.1) is 12.7 Å². The highest BCUT2D eigenvalue weighted by Crippen LogP contribution is 2.20. The second kappa shape index (κ2) is 11.1. The summed E-state index contributed by atoms with van der Waals surface area (Å²) >= 11 is 0. The Morgan fingerprint density at radius 1 is 1.09 bits per heavy atom. The van der Waals surface area contributed by atoms with Gasteiger partial charge in [0.2, 0.25) is 21.8 Å². The van der Waals surface area contributed by atoms with Gasteiger partial charge in [-0.1, -0.05) is 42.8 Å². The van der Waals surface area contributed by atoms with Gasteiger partial charge in [-0.3, -0.25) is 13.9 Å². The molecular weight excluding hydrogens is 433 g/mol. The van der Waals surface area contributed by atoms with Crippen molar-refractivity contribution in [3.8, 4) is 0 Å². The lowest BCUT2D eigenvalue weighted by molar-refractivity contribution is -0.140. The highest BCUT2D eigenvalue weighted by Gasteiger charge is 2.31. The Morgan fingerprint density at radius 3 is 2.28 bits per heavy atom. The van der Waals surface area contributed by atoms with Crippen molar-refractivity contribution in [1.29, 1.82) is 0 Å². The van der Waals surface area contributed by atoms with E-state index in [4.69, 9.17) is 0 Å². The maximum atomic E-state index is 13.7. The van der Waals surface area contributed by atoms with Gasteiger partial charge in [-0.2, -0.15) is 0 Å². The number of sulfonamides is 1. The van der Waals surface area contributed by atoms with Crippen LogP contribution >= 0.6 is 0 Å². The van der Waals surface area contributed by atoms with Crippen molar-refractivity contribution >= 4 is 27.5 Å². The summed E-state index contributed by atoms with van der Waals surface area (Å²) in [6.07, 6.45) is 1.30. The highest BCUT2D eigenvalue weighted by atomic mass is 32.2. The second-order valence-corrected chi connectivity index (χ2v) is 9.48. The predicted molar refractivity (Wildman–Crippen MR) is 123 cm³/mol. The number of carbonyl (C=O) groups excluding carboxylic acids is 2. The molecule has 2 rings (SSSR count). The normalized spacial score (nSPS) is 12.2. The number of halogens is 1. The average molecular weight is 464 g/mol. The number of anilines is 1. The van der Waals surface area contributed by atoms with Crippen LogP contribution < -0.4 is 9.62 Å². The first kappa shape index (κ1) is 25.3. The van der Waals surface area contributed by atoms with Gasteiger partial charge in [0.1, 0.15) is 18.4 Å². The number of nitrogens with zero attached hydrogens (tertiary/aromatic N) is 2. The molecule has 2 aromatic rings. The first-order valence-electron chi connectivity index (χ1n) is 10.4. The molecule has 0 aliphatic heterocycles. The van der Waals surface area contributed by atoms with E-state index in [0.29, 0.717) is 13.0 Å². The zero-order valence-electron chi connectivity index (χ0n) is 18.8. The van der Waals surface area contributed by atoms with Gasteiger partial charge in [0, 0.05) is 13.1 Å². The van der Waals surface area contributed by atoms with Crippen molar-refractivity contribution in [3.05, 3.63) is 65.5 Å². The van der Waals surface area contributed by atoms with Gasteiger partial charge in [0.05, 0.1) is 11.9 Å². The van der Waals surface area contributed by atoms with Crippen LogP contribution in [0.3, 0.4) is 0 Å². The van der Waals surface area contributed by atoms with Gasteiger partial charge in [-0.25, -0.2) is 12.8 Å². The van der Waals surface area contributed by atoms with E-state index < -0.39 is 34.3 Å². The Bertz CT molecular complexity index is 1040. The molecule has 0 saturated heterocycles. The van der Waals surface area contributed by atoms with Crippen LogP contribution in [-0.4, -0.2) is 50.5 Å². The molecule has 2 amide bonds. The predicted octanol–water partition coefficient (Wildman–Crippen LogP) is 2.84. The maximum Gasteiger partial charge on any atom is 0.244 e. The van der Waals surface area contributed by atoms with E-state index in [2.05, 4.69) is 5.32 Å². The van der Waals surface area contributed by atoms with Gasteiger partial charge < -0.3 is 10.2 Å². The van der Waals surface area contributed by atoms with Crippen LogP contribution in [0.4, 0.5) is 10.1 Å². The summed E-state index contributed by atoms with van der Waals surface area (Å²) in [6, 6.07) is 11.8. The molecule has 1 N–H and O–H groups in total. The molecule has 174 valence electrons. The van der Waals surface area contributed by atoms with Gasteiger partial charge >= 0.3 is 0 Å². The fourth-order valence-electron chi connectivity index (χ4n) is 3.35. The molecule has 0 spiro atoms. The van der Waals surface area contributed by atoms with Crippen LogP contribution in [0.15, 0.2) is 48.5 Å². The van der Waals surface area contributed by atoms with Gasteiger partial charge in [-0.15, -0.1) is 0 Å². The van der Waals surface area contributed by atoms with E-state index in [1.165, 1.54) is 23.1 Å². The van der Waals surface area contributed by atoms with Crippen LogP contribution in [0.5, 0.6) is 0 Å². The van der Waals surface area contributed by atoms with Crippen molar-refractivity contribution < 1.29 is 22.4 Å². The number of hydrogen-bond donors (Lipinski definition) is 1. The van der Waals surface area contributed by atoms with E-state index in [0.717, 1.165) is 27.8 Å². The third-order valence-electron chi connectivity index (χ3n) is 4.99. The number of aryl methyl sites for hydroxylation is 1. The number of likely N-dealkylation sites (N-methyl/N-ethyl adjacent to an activating group) is 1. The number of rotatable bonds is 10. The highest BCUT2D eigenvalue weighted by molar-refractivity contribution is 7.92. The lowest BCUT2D eigenvalue weighted by Gasteiger charge is -2.32. The zero-order chi connectivity index (χ0) is 23.9. The number of hydrogen-bond acceptors (Lipinski definition) is 4. The Balaban J connectivity index is 2.42. The van der Waals surface area contributed by atoms with Gasteiger partial charge in [-0.05, 0) is 44.0 Å². The molecule has 0 aliphatic rings. The minimum atomic E-state index is -3.89. The van der Waals surface area contributed by atoms with Crippen molar-refractivity contribution in [3.63, 3.8) is 0 Å². The second-order valence-electron chi connectivity index (χ2n) is 7.58. The summed E-state index contributed by atoms with van der Waals surface area (Å²) in [7, 11) is -3.89. The summed E-state index contributed by atoms with van der Waals surface area (Å²) in [6.45, 7) is 5.50. The largest absolute Gasteiger partial charge is 0.355 e. The Morgan fingerprint density at radius 2 is 1.75 bits per heavy atom. The van der Waals surface area contributed by atoms with Crippen LogP contribution in [0.2, 0.25) is 0 Å². The molecule has 2 aromatic carbocycles. The van der Waals surface area contributed by atoms with E-state index in [1.54, 1.807) is 13.8 Å². The number of amides is 2. The molecule has 32 heavy (non-hydrogen) atoms. The zero-order valence-corrected chi connectivity index (χ0v) is 19.7. The summed E-state index contributed by atoms with van der Waals surface area (Å²) in [5, 5.41) is 2.74. The number of nitrogens with one attached hydrogen (secondary N) is 1. The molecule has 9 heteroatoms. The van der Waals surface area contributed by atoms with Crippen LogP contribution in [-0.2, 0) is 26.2 Å². The maximum absolute atomic E-state index is 13.7.